The quantitative estimate of drug-likeness (QED) is 0.476. The Morgan fingerprint density at radius 2 is 2.09 bits per heavy atom. The molecule has 0 N–H and O–H groups in total. The average Bonchev–Trinajstić information content (AvgIpc) is 2.65. The second-order valence-corrected chi connectivity index (χ2v) is 3.18. The van der Waals surface area contributed by atoms with Crippen molar-refractivity contribution in [1.29, 1.82) is 0 Å². The molecule has 0 heterocycles. The minimum atomic E-state index is -0.276. The highest BCUT2D eigenvalue weighted by Crippen LogP contribution is 2.28. The van der Waals surface area contributed by atoms with Gasteiger partial charge in [-0.25, -0.2) is 0 Å². The van der Waals surface area contributed by atoms with Crippen molar-refractivity contribution in [2.45, 2.75) is 32.2 Å². The van der Waals surface area contributed by atoms with Crippen molar-refractivity contribution < 1.29 is 9.59 Å². The first-order valence-corrected chi connectivity index (χ1v) is 3.92. The molecule has 1 aliphatic rings. The monoisotopic (exact) mass is 175 g/mol. The summed E-state index contributed by atoms with van der Waals surface area (Å²) in [4.78, 5) is 21.5. The third kappa shape index (κ3) is 2.50. The van der Waals surface area contributed by atoms with Crippen LogP contribution in [0.3, 0.4) is 0 Å². The van der Waals surface area contributed by atoms with E-state index in [4.69, 9.17) is 11.8 Å². The molecular formula is C7H10ClNO2. The van der Waals surface area contributed by atoms with Crippen LogP contribution in [0.1, 0.15) is 26.2 Å². The molecule has 0 unspecified atom stereocenters. The van der Waals surface area contributed by atoms with Crippen LogP contribution in [0.25, 0.3) is 0 Å². The molecule has 0 aromatic rings. The molecule has 0 bridgehead atoms. The second kappa shape index (κ2) is 3.22. The molecule has 11 heavy (non-hydrogen) atoms. The van der Waals surface area contributed by atoms with Crippen LogP contribution < -0.4 is 0 Å². The Balaban J connectivity index is 2.33. The van der Waals surface area contributed by atoms with Crippen molar-refractivity contribution >= 4 is 23.5 Å². The van der Waals surface area contributed by atoms with E-state index in [-0.39, 0.29) is 24.2 Å². The largest absolute Gasteiger partial charge is 0.299 e. The Kier molecular flexibility index (Phi) is 2.49. The number of carbonyl (C=O) groups is 2. The number of hydrogen-bond donors (Lipinski definition) is 0. The second-order valence-electron chi connectivity index (χ2n) is 2.81. The van der Waals surface area contributed by atoms with E-state index >= 15 is 0 Å². The fourth-order valence-corrected chi connectivity index (χ4v) is 1.05. The van der Waals surface area contributed by atoms with Gasteiger partial charge in [-0.05, 0) is 19.8 Å². The predicted octanol–water partition coefficient (Wildman–Crippen LogP) is 1.11. The minimum absolute atomic E-state index is 0.0694. The maximum Gasteiger partial charge on any atom is 0.244 e. The lowest BCUT2D eigenvalue weighted by atomic mass is 10.3. The normalized spacial score (nSPS) is 16.2. The van der Waals surface area contributed by atoms with E-state index in [1.807, 2.05) is 0 Å². The van der Waals surface area contributed by atoms with Gasteiger partial charge < -0.3 is 0 Å². The lowest BCUT2D eigenvalue weighted by Gasteiger charge is -2.10. The smallest absolute Gasteiger partial charge is 0.244 e. The molecule has 0 aromatic heterocycles. The van der Waals surface area contributed by atoms with Crippen LogP contribution in [-0.4, -0.2) is 22.2 Å². The molecule has 0 atom stereocenters. The number of halogens is 1. The molecule has 4 heteroatoms. The third-order valence-electron chi connectivity index (χ3n) is 1.51. The SMILES string of the molecule is CC(=O)CC(=O)N(Cl)C1CC1. The lowest BCUT2D eigenvalue weighted by Crippen LogP contribution is -2.24. The van der Waals surface area contributed by atoms with Gasteiger partial charge in [0.2, 0.25) is 5.91 Å². The Bertz CT molecular complexity index is 189. The molecule has 0 aromatic carbocycles. The molecule has 0 radical (unpaired) electrons. The first-order chi connectivity index (χ1) is 5.11. The standard InChI is InChI=1S/C7H10ClNO2/c1-5(10)4-7(11)9(8)6-2-3-6/h6H,2-4H2,1H3. The van der Waals surface area contributed by atoms with Crippen LogP contribution in [0, 0.1) is 0 Å². The number of carbonyl (C=O) groups excluding carboxylic acids is 2. The summed E-state index contributed by atoms with van der Waals surface area (Å²) in [5.74, 6) is -0.414. The molecule has 3 nitrogen and oxygen atoms in total. The van der Waals surface area contributed by atoms with Crippen molar-refractivity contribution in [3.05, 3.63) is 0 Å². The summed E-state index contributed by atoms with van der Waals surface area (Å²) in [5, 5.41) is 0. The van der Waals surface area contributed by atoms with E-state index in [1.165, 1.54) is 6.92 Å². The molecule has 1 saturated carbocycles. The van der Waals surface area contributed by atoms with Crippen molar-refractivity contribution in [2.75, 3.05) is 0 Å². The Morgan fingerprint density at radius 1 is 1.55 bits per heavy atom. The number of ketones is 1. The van der Waals surface area contributed by atoms with E-state index in [9.17, 15) is 9.59 Å². The van der Waals surface area contributed by atoms with Crippen molar-refractivity contribution in [3.63, 3.8) is 0 Å². The molecular weight excluding hydrogens is 166 g/mol. The Labute approximate surface area is 70.4 Å². The summed E-state index contributed by atoms with van der Waals surface area (Å²) < 4.78 is 1.15. The molecule has 1 rings (SSSR count). The molecule has 1 aliphatic carbocycles. The highest BCUT2D eigenvalue weighted by atomic mass is 35.5. The minimum Gasteiger partial charge on any atom is -0.299 e. The van der Waals surface area contributed by atoms with E-state index in [1.54, 1.807) is 0 Å². The lowest BCUT2D eigenvalue weighted by molar-refractivity contribution is -0.131. The Morgan fingerprint density at radius 3 is 2.45 bits per heavy atom. The maximum atomic E-state index is 11.0. The van der Waals surface area contributed by atoms with Crippen LogP contribution in [0.4, 0.5) is 0 Å². The van der Waals surface area contributed by atoms with E-state index in [0.717, 1.165) is 17.3 Å². The van der Waals surface area contributed by atoms with Gasteiger partial charge in [0.25, 0.3) is 0 Å². The highest BCUT2D eigenvalue weighted by Gasteiger charge is 2.31. The molecule has 62 valence electrons. The van der Waals surface area contributed by atoms with E-state index in [2.05, 4.69) is 0 Å². The van der Waals surface area contributed by atoms with Gasteiger partial charge in [-0.1, -0.05) is 0 Å². The Hall–Kier alpha value is -0.570. The van der Waals surface area contributed by atoms with Gasteiger partial charge in [0.15, 0.2) is 0 Å². The fourth-order valence-electron chi connectivity index (χ4n) is 0.793. The first kappa shape index (κ1) is 8.53. The molecule has 1 fully saturated rings. The van der Waals surface area contributed by atoms with Gasteiger partial charge in [0, 0.05) is 17.8 Å². The van der Waals surface area contributed by atoms with Gasteiger partial charge in [-0.2, -0.15) is 0 Å². The number of nitrogens with zero attached hydrogens (tertiary/aromatic N) is 1. The van der Waals surface area contributed by atoms with Gasteiger partial charge in [0.05, 0.1) is 6.42 Å². The summed E-state index contributed by atoms with van der Waals surface area (Å²) in [6.07, 6.45) is 1.86. The summed E-state index contributed by atoms with van der Waals surface area (Å²) in [6.45, 7) is 1.38. The third-order valence-corrected chi connectivity index (χ3v) is 1.97. The topological polar surface area (TPSA) is 37.4 Å². The van der Waals surface area contributed by atoms with Crippen molar-refractivity contribution in [1.82, 2.24) is 4.42 Å². The van der Waals surface area contributed by atoms with Gasteiger partial charge in [0.1, 0.15) is 5.78 Å². The fraction of sp³-hybridized carbons (Fsp3) is 0.714. The van der Waals surface area contributed by atoms with Gasteiger partial charge in [-0.15, -0.1) is 0 Å². The van der Waals surface area contributed by atoms with Crippen LogP contribution >= 0.6 is 11.8 Å². The van der Waals surface area contributed by atoms with Crippen molar-refractivity contribution in [2.24, 2.45) is 0 Å². The molecule has 1 amide bonds. The van der Waals surface area contributed by atoms with Gasteiger partial charge >= 0.3 is 0 Å². The van der Waals surface area contributed by atoms with Crippen molar-refractivity contribution in [3.8, 4) is 0 Å². The number of amides is 1. The highest BCUT2D eigenvalue weighted by molar-refractivity contribution is 6.23. The predicted molar refractivity (Wildman–Crippen MR) is 41.0 cm³/mol. The summed E-state index contributed by atoms with van der Waals surface area (Å²) in [6, 6.07) is 0.184. The van der Waals surface area contributed by atoms with Gasteiger partial charge in [-0.3, -0.25) is 14.0 Å². The van der Waals surface area contributed by atoms with Crippen LogP contribution in [0.5, 0.6) is 0 Å². The summed E-state index contributed by atoms with van der Waals surface area (Å²) in [7, 11) is 0. The van der Waals surface area contributed by atoms with E-state index in [0.29, 0.717) is 0 Å². The first-order valence-electron chi connectivity index (χ1n) is 3.58. The number of rotatable bonds is 3. The molecule has 0 saturated heterocycles. The number of hydrogen-bond acceptors (Lipinski definition) is 2. The van der Waals surface area contributed by atoms with Crippen LogP contribution in [0.2, 0.25) is 0 Å². The molecule has 0 aliphatic heterocycles. The average molecular weight is 176 g/mol. The van der Waals surface area contributed by atoms with E-state index < -0.39 is 0 Å². The van der Waals surface area contributed by atoms with Crippen LogP contribution in [-0.2, 0) is 9.59 Å². The maximum absolute atomic E-state index is 11.0. The zero-order chi connectivity index (χ0) is 8.43. The summed E-state index contributed by atoms with van der Waals surface area (Å²) >= 11 is 5.60. The van der Waals surface area contributed by atoms with Crippen LogP contribution in [0.15, 0.2) is 0 Å². The molecule has 0 spiro atoms. The zero-order valence-corrected chi connectivity index (χ0v) is 7.10. The summed E-state index contributed by atoms with van der Waals surface area (Å²) in [5.41, 5.74) is 0. The number of Topliss-reactive ketones (excluding diaryl/α,β-unsaturated/α-hetero) is 1. The zero-order valence-electron chi connectivity index (χ0n) is 6.34.